The maximum absolute atomic E-state index is 12.5. The Balaban J connectivity index is 0.00000136. The van der Waals surface area contributed by atoms with E-state index < -0.39 is 10.0 Å². The van der Waals surface area contributed by atoms with Crippen LogP contribution in [0, 0.1) is 0 Å². The number of benzene rings is 3. The third-order valence-electron chi connectivity index (χ3n) is 3.84. The summed E-state index contributed by atoms with van der Waals surface area (Å²) in [6.45, 7) is 3.61. The highest BCUT2D eigenvalue weighted by atomic mass is 79.9. The first-order valence-electron chi connectivity index (χ1n) is 8.70. The number of aliphatic hydroxyl groups is 1. The molecular formula is C21H22BrNO4S. The van der Waals surface area contributed by atoms with Gasteiger partial charge in [-0.25, -0.2) is 8.42 Å². The van der Waals surface area contributed by atoms with Gasteiger partial charge in [-0.2, -0.15) is 0 Å². The van der Waals surface area contributed by atoms with E-state index in [0.29, 0.717) is 0 Å². The minimum Gasteiger partial charge on any atom is -0.508 e. The zero-order valence-corrected chi connectivity index (χ0v) is 18.0. The van der Waals surface area contributed by atoms with Crippen LogP contribution >= 0.6 is 15.9 Å². The predicted octanol–water partition coefficient (Wildman–Crippen LogP) is 5.14. The van der Waals surface area contributed by atoms with Crippen LogP contribution in [0.1, 0.15) is 19.4 Å². The Labute approximate surface area is 173 Å². The van der Waals surface area contributed by atoms with Gasteiger partial charge in [0.05, 0.1) is 11.5 Å². The fourth-order valence-corrected chi connectivity index (χ4v) is 3.77. The highest BCUT2D eigenvalue weighted by Crippen LogP contribution is 2.26. The summed E-state index contributed by atoms with van der Waals surface area (Å²) in [5.41, 5.74) is 2.40. The Bertz CT molecular complexity index is 1020. The number of aliphatic hydroxyl groups excluding tert-OH is 1. The van der Waals surface area contributed by atoms with Crippen molar-refractivity contribution in [1.29, 1.82) is 0 Å². The van der Waals surface area contributed by atoms with E-state index in [2.05, 4.69) is 20.7 Å². The van der Waals surface area contributed by atoms with Gasteiger partial charge in [0.25, 0.3) is 10.0 Å². The first-order valence-corrected chi connectivity index (χ1v) is 11.0. The molecule has 0 saturated heterocycles. The molecule has 7 heteroatoms. The number of sulfonamides is 1. The largest absolute Gasteiger partial charge is 0.508 e. The lowest BCUT2D eigenvalue weighted by Crippen LogP contribution is -2.13. The van der Waals surface area contributed by atoms with Gasteiger partial charge in [0.2, 0.25) is 0 Å². The van der Waals surface area contributed by atoms with Gasteiger partial charge >= 0.3 is 0 Å². The molecule has 0 heterocycles. The van der Waals surface area contributed by atoms with Gasteiger partial charge in [-0.1, -0.05) is 54.0 Å². The summed E-state index contributed by atoms with van der Waals surface area (Å²) in [5, 5.41) is 18.7. The van der Waals surface area contributed by atoms with Crippen molar-refractivity contribution in [2.24, 2.45) is 0 Å². The number of phenols is 1. The molecular weight excluding hydrogens is 442 g/mol. The number of hydrogen-bond donors (Lipinski definition) is 3. The summed E-state index contributed by atoms with van der Waals surface area (Å²) in [5.74, 6) is -0.0886. The summed E-state index contributed by atoms with van der Waals surface area (Å²) in [7, 11) is -3.78. The number of halogens is 1. The summed E-state index contributed by atoms with van der Waals surface area (Å²) < 4.78 is 28.5. The molecule has 0 fully saturated rings. The highest BCUT2D eigenvalue weighted by Gasteiger charge is 2.15. The number of aromatic hydroxyl groups is 1. The SMILES string of the molecule is CC.O=S(=O)(Nc1ccc(O)c(CO)c1)c1ccc(-c2ccc(Br)cc2)cc1. The molecule has 148 valence electrons. The molecule has 3 rings (SSSR count). The predicted molar refractivity (Wildman–Crippen MR) is 116 cm³/mol. The van der Waals surface area contributed by atoms with E-state index >= 15 is 0 Å². The van der Waals surface area contributed by atoms with Crippen molar-refractivity contribution in [3.8, 4) is 16.9 Å². The van der Waals surface area contributed by atoms with E-state index in [4.69, 9.17) is 0 Å². The lowest BCUT2D eigenvalue weighted by Gasteiger charge is -2.11. The van der Waals surface area contributed by atoms with Crippen LogP contribution in [0.25, 0.3) is 11.1 Å². The number of nitrogens with one attached hydrogen (secondary N) is 1. The number of anilines is 1. The number of hydrogen-bond acceptors (Lipinski definition) is 4. The molecule has 3 aromatic rings. The van der Waals surface area contributed by atoms with Crippen molar-refractivity contribution in [2.75, 3.05) is 4.72 Å². The lowest BCUT2D eigenvalue weighted by atomic mass is 10.1. The molecule has 28 heavy (non-hydrogen) atoms. The van der Waals surface area contributed by atoms with Crippen LogP contribution in [-0.4, -0.2) is 18.6 Å². The van der Waals surface area contributed by atoms with Gasteiger partial charge in [0, 0.05) is 15.7 Å². The molecule has 0 radical (unpaired) electrons. The molecule has 5 nitrogen and oxygen atoms in total. The normalized spacial score (nSPS) is 10.7. The van der Waals surface area contributed by atoms with Gasteiger partial charge in [0.15, 0.2) is 0 Å². The van der Waals surface area contributed by atoms with Crippen molar-refractivity contribution >= 4 is 31.6 Å². The minimum absolute atomic E-state index is 0.0886. The first kappa shape index (κ1) is 21.9. The average molecular weight is 464 g/mol. The molecule has 0 unspecified atom stereocenters. The van der Waals surface area contributed by atoms with Gasteiger partial charge in [-0.05, 0) is 53.6 Å². The fourth-order valence-electron chi connectivity index (χ4n) is 2.46. The Morgan fingerprint density at radius 1 is 0.893 bits per heavy atom. The van der Waals surface area contributed by atoms with Crippen LogP contribution in [0.2, 0.25) is 0 Å². The van der Waals surface area contributed by atoms with Crippen LogP contribution in [0.15, 0.2) is 76.1 Å². The van der Waals surface area contributed by atoms with E-state index in [9.17, 15) is 18.6 Å². The second-order valence-electron chi connectivity index (χ2n) is 5.64. The molecule has 3 N–H and O–H groups in total. The summed E-state index contributed by atoms with van der Waals surface area (Å²) in [6, 6.07) is 18.4. The van der Waals surface area contributed by atoms with Crippen LogP contribution < -0.4 is 4.72 Å². The third kappa shape index (κ3) is 5.34. The van der Waals surface area contributed by atoms with Gasteiger partial charge < -0.3 is 10.2 Å². The molecule has 0 atom stereocenters. The van der Waals surface area contributed by atoms with Crippen molar-refractivity contribution in [3.63, 3.8) is 0 Å². The van der Waals surface area contributed by atoms with E-state index in [1.54, 1.807) is 12.1 Å². The summed E-state index contributed by atoms with van der Waals surface area (Å²) in [6.07, 6.45) is 0. The maximum atomic E-state index is 12.5. The zero-order valence-electron chi connectivity index (χ0n) is 15.6. The molecule has 0 aliphatic heterocycles. The van der Waals surface area contributed by atoms with Crippen LogP contribution in [0.3, 0.4) is 0 Å². The van der Waals surface area contributed by atoms with Gasteiger partial charge in [-0.3, -0.25) is 4.72 Å². The van der Waals surface area contributed by atoms with Crippen molar-refractivity contribution in [1.82, 2.24) is 0 Å². The third-order valence-corrected chi connectivity index (χ3v) is 5.77. The monoisotopic (exact) mass is 463 g/mol. The fraction of sp³-hybridized carbons (Fsp3) is 0.143. The van der Waals surface area contributed by atoms with Crippen molar-refractivity contribution < 1.29 is 18.6 Å². The molecule has 3 aromatic carbocycles. The zero-order chi connectivity index (χ0) is 20.7. The molecule has 0 amide bonds. The van der Waals surface area contributed by atoms with Crippen LogP contribution in [0.5, 0.6) is 5.75 Å². The minimum atomic E-state index is -3.78. The van der Waals surface area contributed by atoms with Gasteiger partial charge in [-0.15, -0.1) is 0 Å². The Kier molecular flexibility index (Phi) is 7.62. The second-order valence-corrected chi connectivity index (χ2v) is 8.24. The van der Waals surface area contributed by atoms with E-state index in [1.165, 1.54) is 30.3 Å². The summed E-state index contributed by atoms with van der Waals surface area (Å²) in [4.78, 5) is 0.122. The first-order chi connectivity index (χ1) is 13.4. The standard InChI is InChI=1S/C19H16BrNO4S.C2H6/c20-16-5-1-13(2-6-16)14-3-8-18(9-4-14)26(24,25)21-17-7-10-19(23)15(11-17)12-22;1-2/h1-11,21-23H,12H2;1-2H3. The maximum Gasteiger partial charge on any atom is 0.261 e. The van der Waals surface area contributed by atoms with Crippen molar-refractivity contribution in [3.05, 3.63) is 76.8 Å². The molecule has 0 aliphatic rings. The average Bonchev–Trinajstić information content (AvgIpc) is 2.71. The Hall–Kier alpha value is -2.35. The Morgan fingerprint density at radius 3 is 1.96 bits per heavy atom. The van der Waals surface area contributed by atoms with Crippen molar-refractivity contribution in [2.45, 2.75) is 25.3 Å². The Morgan fingerprint density at radius 2 is 1.43 bits per heavy atom. The van der Waals surface area contributed by atoms with Crippen LogP contribution in [0.4, 0.5) is 5.69 Å². The quantitative estimate of drug-likeness (QED) is 0.457. The van der Waals surface area contributed by atoms with E-state index in [0.717, 1.165) is 15.6 Å². The smallest absolute Gasteiger partial charge is 0.261 e. The molecule has 0 aliphatic carbocycles. The lowest BCUT2D eigenvalue weighted by molar-refractivity contribution is 0.275. The molecule has 0 spiro atoms. The molecule has 0 bridgehead atoms. The number of rotatable bonds is 5. The highest BCUT2D eigenvalue weighted by molar-refractivity contribution is 9.10. The summed E-state index contributed by atoms with van der Waals surface area (Å²) >= 11 is 3.38. The molecule has 0 saturated carbocycles. The van der Waals surface area contributed by atoms with Gasteiger partial charge in [0.1, 0.15) is 5.75 Å². The van der Waals surface area contributed by atoms with E-state index in [1.807, 2.05) is 38.1 Å². The topological polar surface area (TPSA) is 86.6 Å². The van der Waals surface area contributed by atoms with E-state index in [-0.39, 0.29) is 28.5 Å². The molecule has 0 aromatic heterocycles. The second kappa shape index (κ2) is 9.73. The van der Waals surface area contributed by atoms with Crippen LogP contribution in [-0.2, 0) is 16.6 Å².